The predicted octanol–water partition coefficient (Wildman–Crippen LogP) is 5.76. The van der Waals surface area contributed by atoms with Gasteiger partial charge in [-0.2, -0.15) is 0 Å². The molecule has 2 heterocycles. The average molecular weight is 448 g/mol. The van der Waals surface area contributed by atoms with E-state index in [0.717, 1.165) is 24.2 Å². The summed E-state index contributed by atoms with van der Waals surface area (Å²) < 4.78 is 24.8. The minimum Gasteiger partial charge on any atom is -0.467 e. The number of amides is 1. The largest absolute Gasteiger partial charge is 0.467 e. The van der Waals surface area contributed by atoms with Gasteiger partial charge in [0, 0.05) is 24.2 Å². The smallest absolute Gasteiger partial charge is 0.254 e. The van der Waals surface area contributed by atoms with E-state index in [2.05, 4.69) is 10.1 Å². The van der Waals surface area contributed by atoms with Crippen LogP contribution in [0.3, 0.4) is 0 Å². The van der Waals surface area contributed by atoms with E-state index in [1.165, 1.54) is 24.3 Å². The highest BCUT2D eigenvalue weighted by Crippen LogP contribution is 2.33. The molecular formula is C26H26FN3O3. The van der Waals surface area contributed by atoms with Crippen LogP contribution in [0.1, 0.15) is 35.5 Å². The highest BCUT2D eigenvalue weighted by Gasteiger charge is 2.26. The quantitative estimate of drug-likeness (QED) is 0.326. The van der Waals surface area contributed by atoms with Gasteiger partial charge in [-0.05, 0) is 50.2 Å². The van der Waals surface area contributed by atoms with Crippen molar-refractivity contribution in [1.29, 1.82) is 0 Å². The Hall–Kier alpha value is -3.87. The number of benzene rings is 2. The maximum absolute atomic E-state index is 13.5. The second kappa shape index (κ2) is 10.2. The zero-order chi connectivity index (χ0) is 23.2. The second-order valence-corrected chi connectivity index (χ2v) is 7.60. The Balaban J connectivity index is 1.76. The lowest BCUT2D eigenvalue weighted by molar-refractivity contribution is 0.0718. The van der Waals surface area contributed by atoms with Gasteiger partial charge in [-0.1, -0.05) is 35.5 Å². The minimum atomic E-state index is -0.390. The van der Waals surface area contributed by atoms with Crippen LogP contribution in [0.15, 0.2) is 81.9 Å². The Labute approximate surface area is 192 Å². The molecule has 0 aliphatic carbocycles. The van der Waals surface area contributed by atoms with E-state index >= 15 is 0 Å². The Morgan fingerprint density at radius 2 is 1.67 bits per heavy atom. The summed E-state index contributed by atoms with van der Waals surface area (Å²) in [6.07, 6.45) is 1.58. The van der Waals surface area contributed by atoms with Crippen LogP contribution in [-0.4, -0.2) is 29.1 Å². The molecule has 0 bridgehead atoms. The highest BCUT2D eigenvalue weighted by atomic mass is 19.1. The topological polar surface area (TPSA) is 62.7 Å². The summed E-state index contributed by atoms with van der Waals surface area (Å²) in [5.74, 6) is 0.651. The van der Waals surface area contributed by atoms with E-state index in [-0.39, 0.29) is 19.0 Å². The molecule has 170 valence electrons. The van der Waals surface area contributed by atoms with E-state index in [9.17, 15) is 9.18 Å². The SMILES string of the molecule is CCN(CC)c1onc(-c2ccccc2)c1CN(Cc1ccco1)C(=O)c1ccc(F)cc1. The zero-order valence-electron chi connectivity index (χ0n) is 18.7. The van der Waals surface area contributed by atoms with Crippen LogP contribution in [0.5, 0.6) is 0 Å². The highest BCUT2D eigenvalue weighted by molar-refractivity contribution is 5.94. The normalized spacial score (nSPS) is 10.9. The molecule has 0 saturated carbocycles. The Morgan fingerprint density at radius 3 is 2.30 bits per heavy atom. The molecule has 0 unspecified atom stereocenters. The van der Waals surface area contributed by atoms with Crippen LogP contribution in [0.2, 0.25) is 0 Å². The van der Waals surface area contributed by atoms with Crippen LogP contribution in [0.25, 0.3) is 11.3 Å². The molecule has 2 aromatic heterocycles. The van der Waals surface area contributed by atoms with Crippen molar-refractivity contribution in [3.8, 4) is 11.3 Å². The van der Waals surface area contributed by atoms with Crippen molar-refractivity contribution in [2.75, 3.05) is 18.0 Å². The fourth-order valence-electron chi connectivity index (χ4n) is 3.78. The number of anilines is 1. The van der Waals surface area contributed by atoms with E-state index in [4.69, 9.17) is 8.94 Å². The fraction of sp³-hybridized carbons (Fsp3) is 0.231. The summed E-state index contributed by atoms with van der Waals surface area (Å²) in [6, 6.07) is 18.9. The van der Waals surface area contributed by atoms with Crippen molar-refractivity contribution < 1.29 is 18.1 Å². The van der Waals surface area contributed by atoms with Crippen molar-refractivity contribution in [2.24, 2.45) is 0 Å². The van der Waals surface area contributed by atoms with Gasteiger partial charge in [-0.3, -0.25) is 4.79 Å². The number of hydrogen-bond acceptors (Lipinski definition) is 5. The fourth-order valence-corrected chi connectivity index (χ4v) is 3.78. The van der Waals surface area contributed by atoms with Crippen LogP contribution < -0.4 is 4.90 Å². The first kappa shape index (κ1) is 22.3. The number of carbonyl (C=O) groups excluding carboxylic acids is 1. The minimum absolute atomic E-state index is 0.239. The molecule has 0 fully saturated rings. The molecule has 7 heteroatoms. The molecule has 0 radical (unpaired) electrons. The van der Waals surface area contributed by atoms with Gasteiger partial charge in [-0.25, -0.2) is 4.39 Å². The van der Waals surface area contributed by atoms with Gasteiger partial charge >= 0.3 is 0 Å². The molecule has 0 spiro atoms. The van der Waals surface area contributed by atoms with Gasteiger partial charge in [0.2, 0.25) is 5.88 Å². The van der Waals surface area contributed by atoms with Crippen LogP contribution >= 0.6 is 0 Å². The van der Waals surface area contributed by atoms with Crippen molar-refractivity contribution in [2.45, 2.75) is 26.9 Å². The first-order chi connectivity index (χ1) is 16.1. The van der Waals surface area contributed by atoms with E-state index in [1.807, 2.05) is 50.2 Å². The molecule has 0 aliphatic heterocycles. The maximum Gasteiger partial charge on any atom is 0.254 e. The molecule has 0 N–H and O–H groups in total. The number of carbonyl (C=O) groups is 1. The molecule has 2 aromatic carbocycles. The monoisotopic (exact) mass is 447 g/mol. The number of aromatic nitrogens is 1. The first-order valence-electron chi connectivity index (χ1n) is 11.0. The van der Waals surface area contributed by atoms with Gasteiger partial charge < -0.3 is 18.7 Å². The third-order valence-electron chi connectivity index (χ3n) is 5.52. The van der Waals surface area contributed by atoms with Crippen LogP contribution in [-0.2, 0) is 13.1 Å². The summed E-state index contributed by atoms with van der Waals surface area (Å²) in [5.41, 5.74) is 2.80. The summed E-state index contributed by atoms with van der Waals surface area (Å²) in [6.45, 7) is 6.05. The average Bonchev–Trinajstić information content (AvgIpc) is 3.51. The van der Waals surface area contributed by atoms with Crippen molar-refractivity contribution in [3.05, 3.63) is 95.7 Å². The molecular weight excluding hydrogens is 421 g/mol. The lowest BCUT2D eigenvalue weighted by Crippen LogP contribution is -2.31. The van der Waals surface area contributed by atoms with Gasteiger partial charge in [-0.15, -0.1) is 0 Å². The van der Waals surface area contributed by atoms with E-state index in [0.29, 0.717) is 22.9 Å². The van der Waals surface area contributed by atoms with Crippen molar-refractivity contribution >= 4 is 11.8 Å². The molecule has 6 nitrogen and oxygen atoms in total. The maximum atomic E-state index is 13.5. The van der Waals surface area contributed by atoms with E-state index in [1.54, 1.807) is 17.2 Å². The molecule has 1 amide bonds. The van der Waals surface area contributed by atoms with E-state index < -0.39 is 5.82 Å². The lowest BCUT2D eigenvalue weighted by Gasteiger charge is -2.24. The summed E-state index contributed by atoms with van der Waals surface area (Å²) in [5, 5.41) is 4.37. The van der Waals surface area contributed by atoms with Gasteiger partial charge in [0.25, 0.3) is 5.91 Å². The van der Waals surface area contributed by atoms with Gasteiger partial charge in [0.1, 0.15) is 17.3 Å². The number of hydrogen-bond donors (Lipinski definition) is 0. The number of rotatable bonds is 9. The molecule has 0 atom stereocenters. The molecule has 33 heavy (non-hydrogen) atoms. The molecule has 4 aromatic rings. The first-order valence-corrected chi connectivity index (χ1v) is 11.0. The van der Waals surface area contributed by atoms with Gasteiger partial charge in [0.15, 0.2) is 0 Å². The van der Waals surface area contributed by atoms with Crippen LogP contribution in [0, 0.1) is 5.82 Å². The number of nitrogens with zero attached hydrogens (tertiary/aromatic N) is 3. The standard InChI is InChI=1S/C26H26FN3O3/c1-3-29(4-2)26-23(24(28-33-26)19-9-6-5-7-10-19)18-30(17-22-11-8-16-32-22)25(31)20-12-14-21(27)15-13-20/h5-16H,3-4,17-18H2,1-2H3. The summed E-state index contributed by atoms with van der Waals surface area (Å²) in [7, 11) is 0. The Bertz CT molecular complexity index is 1170. The van der Waals surface area contributed by atoms with Gasteiger partial charge in [0.05, 0.1) is 24.9 Å². The molecule has 4 rings (SSSR count). The molecule has 0 saturated heterocycles. The predicted molar refractivity (Wildman–Crippen MR) is 124 cm³/mol. The lowest BCUT2D eigenvalue weighted by atomic mass is 10.1. The summed E-state index contributed by atoms with van der Waals surface area (Å²) >= 11 is 0. The Morgan fingerprint density at radius 1 is 0.939 bits per heavy atom. The van der Waals surface area contributed by atoms with Crippen molar-refractivity contribution in [1.82, 2.24) is 10.1 Å². The Kier molecular flexibility index (Phi) is 6.88. The zero-order valence-corrected chi connectivity index (χ0v) is 18.7. The number of furan rings is 1. The third kappa shape index (κ3) is 4.98. The third-order valence-corrected chi connectivity index (χ3v) is 5.52. The molecule has 0 aliphatic rings. The van der Waals surface area contributed by atoms with Crippen LogP contribution in [0.4, 0.5) is 10.3 Å². The second-order valence-electron chi connectivity index (χ2n) is 7.60. The van der Waals surface area contributed by atoms with Crippen molar-refractivity contribution in [3.63, 3.8) is 0 Å². The summed E-state index contributed by atoms with van der Waals surface area (Å²) in [4.78, 5) is 17.2. The number of halogens is 1.